The van der Waals surface area contributed by atoms with Gasteiger partial charge in [0.05, 0.1) is 26.9 Å². The molecule has 0 saturated heterocycles. The van der Waals surface area contributed by atoms with Crippen molar-refractivity contribution in [1.29, 1.82) is 0 Å². The maximum atomic E-state index is 5.66. The van der Waals surface area contributed by atoms with Crippen LogP contribution in [0.4, 0.5) is 0 Å². The zero-order chi connectivity index (χ0) is 12.4. The van der Waals surface area contributed by atoms with E-state index in [0.29, 0.717) is 0 Å². The second kappa shape index (κ2) is 5.21. The highest BCUT2D eigenvalue weighted by Crippen LogP contribution is 2.30. The first-order valence-electron chi connectivity index (χ1n) is 5.15. The standard InChI is InChI=1S/C9H13BrN6S/c1-3-16-8(6(10)4-12-16)7(13-11)9-5(2)14-15-17-9/h4,7,13H,3,11H2,1-2H3. The lowest BCUT2D eigenvalue weighted by molar-refractivity contribution is 0.545. The molecule has 2 rings (SSSR count). The third-order valence-electron chi connectivity index (χ3n) is 2.52. The molecule has 0 bridgehead atoms. The molecule has 0 amide bonds. The molecule has 1 atom stereocenters. The average molecular weight is 317 g/mol. The van der Waals surface area contributed by atoms with E-state index in [2.05, 4.69) is 36.0 Å². The van der Waals surface area contributed by atoms with E-state index >= 15 is 0 Å². The van der Waals surface area contributed by atoms with Crippen LogP contribution < -0.4 is 11.3 Å². The Kier molecular flexibility index (Phi) is 3.87. The summed E-state index contributed by atoms with van der Waals surface area (Å²) in [6, 6.07) is -0.146. The molecule has 0 fully saturated rings. The smallest absolute Gasteiger partial charge is 0.102 e. The number of nitrogens with two attached hydrogens (primary N) is 1. The Morgan fingerprint density at radius 3 is 2.94 bits per heavy atom. The molecule has 0 spiro atoms. The number of aryl methyl sites for hydroxylation is 2. The Morgan fingerprint density at radius 2 is 2.41 bits per heavy atom. The molecule has 0 aliphatic carbocycles. The van der Waals surface area contributed by atoms with Gasteiger partial charge in [-0.25, -0.2) is 5.43 Å². The summed E-state index contributed by atoms with van der Waals surface area (Å²) >= 11 is 4.84. The van der Waals surface area contributed by atoms with Crippen LogP contribution in [-0.4, -0.2) is 19.4 Å². The van der Waals surface area contributed by atoms with Crippen molar-refractivity contribution in [2.24, 2.45) is 5.84 Å². The van der Waals surface area contributed by atoms with E-state index in [1.165, 1.54) is 11.5 Å². The molecule has 2 heterocycles. The summed E-state index contributed by atoms with van der Waals surface area (Å²) in [5.41, 5.74) is 4.68. The van der Waals surface area contributed by atoms with Crippen LogP contribution in [0.3, 0.4) is 0 Å². The van der Waals surface area contributed by atoms with E-state index in [4.69, 9.17) is 5.84 Å². The number of aromatic nitrogens is 4. The summed E-state index contributed by atoms with van der Waals surface area (Å²) in [4.78, 5) is 1.00. The Hall–Kier alpha value is -0.830. The summed E-state index contributed by atoms with van der Waals surface area (Å²) in [6.07, 6.45) is 1.77. The van der Waals surface area contributed by atoms with Crippen molar-refractivity contribution in [2.75, 3.05) is 0 Å². The van der Waals surface area contributed by atoms with E-state index in [9.17, 15) is 0 Å². The van der Waals surface area contributed by atoms with Crippen LogP contribution in [0.15, 0.2) is 10.7 Å². The third-order valence-corrected chi connectivity index (χ3v) is 4.02. The SMILES string of the molecule is CCn1ncc(Br)c1C(NN)c1snnc1C. The predicted molar refractivity (Wildman–Crippen MR) is 69.4 cm³/mol. The molecule has 0 aliphatic heterocycles. The Bertz CT molecular complexity index is 507. The summed E-state index contributed by atoms with van der Waals surface area (Å²) in [7, 11) is 0. The van der Waals surface area contributed by atoms with Crippen LogP contribution in [0, 0.1) is 6.92 Å². The van der Waals surface area contributed by atoms with Gasteiger partial charge in [-0.05, 0) is 41.3 Å². The van der Waals surface area contributed by atoms with Gasteiger partial charge in [0.25, 0.3) is 0 Å². The topological polar surface area (TPSA) is 81.7 Å². The van der Waals surface area contributed by atoms with E-state index in [1.807, 2.05) is 18.5 Å². The molecule has 17 heavy (non-hydrogen) atoms. The van der Waals surface area contributed by atoms with Crippen molar-refractivity contribution in [3.8, 4) is 0 Å². The summed E-state index contributed by atoms with van der Waals surface area (Å²) in [5, 5.41) is 8.29. The number of hydrogen-bond donors (Lipinski definition) is 2. The highest BCUT2D eigenvalue weighted by Gasteiger charge is 2.24. The fourth-order valence-corrected chi connectivity index (χ4v) is 2.93. The normalized spacial score (nSPS) is 12.9. The lowest BCUT2D eigenvalue weighted by Gasteiger charge is -2.16. The van der Waals surface area contributed by atoms with Crippen molar-refractivity contribution < 1.29 is 0 Å². The highest BCUT2D eigenvalue weighted by atomic mass is 79.9. The van der Waals surface area contributed by atoms with Gasteiger partial charge in [-0.15, -0.1) is 5.10 Å². The van der Waals surface area contributed by atoms with E-state index in [0.717, 1.165) is 27.3 Å². The van der Waals surface area contributed by atoms with Gasteiger partial charge >= 0.3 is 0 Å². The largest absolute Gasteiger partial charge is 0.270 e. The molecular formula is C9H13BrN6S. The number of nitrogens with zero attached hydrogens (tertiary/aromatic N) is 4. The summed E-state index contributed by atoms with van der Waals surface area (Å²) in [5.74, 6) is 5.66. The van der Waals surface area contributed by atoms with Gasteiger partial charge in [-0.1, -0.05) is 4.49 Å². The monoisotopic (exact) mass is 316 g/mol. The number of nitrogens with one attached hydrogen (secondary N) is 1. The maximum Gasteiger partial charge on any atom is 0.102 e. The highest BCUT2D eigenvalue weighted by molar-refractivity contribution is 9.10. The van der Waals surface area contributed by atoms with Crippen LogP contribution in [0.25, 0.3) is 0 Å². The molecule has 2 aromatic rings. The fraction of sp³-hybridized carbons (Fsp3) is 0.444. The van der Waals surface area contributed by atoms with Gasteiger partial charge in [0.15, 0.2) is 0 Å². The maximum absolute atomic E-state index is 5.66. The third kappa shape index (κ3) is 2.25. The number of hydrogen-bond acceptors (Lipinski definition) is 6. The van der Waals surface area contributed by atoms with E-state index in [1.54, 1.807) is 6.20 Å². The molecule has 0 radical (unpaired) electrons. The first-order chi connectivity index (χ1) is 8.19. The second-order valence-corrected chi connectivity index (χ2v) is 5.16. The molecule has 0 aliphatic rings. The van der Waals surface area contributed by atoms with Crippen LogP contribution in [0.5, 0.6) is 0 Å². The molecule has 6 nitrogen and oxygen atoms in total. The second-order valence-electron chi connectivity index (χ2n) is 3.52. The summed E-state index contributed by atoms with van der Waals surface area (Å²) in [6.45, 7) is 4.74. The lowest BCUT2D eigenvalue weighted by Crippen LogP contribution is -2.30. The number of hydrazine groups is 1. The van der Waals surface area contributed by atoms with Crippen molar-refractivity contribution in [3.63, 3.8) is 0 Å². The minimum atomic E-state index is -0.146. The zero-order valence-corrected chi connectivity index (χ0v) is 11.9. The van der Waals surface area contributed by atoms with Crippen molar-refractivity contribution in [1.82, 2.24) is 24.8 Å². The summed E-state index contributed by atoms with van der Waals surface area (Å²) < 4.78 is 6.76. The van der Waals surface area contributed by atoms with Crippen molar-refractivity contribution >= 4 is 27.5 Å². The van der Waals surface area contributed by atoms with Crippen LogP contribution in [0.2, 0.25) is 0 Å². The lowest BCUT2D eigenvalue weighted by atomic mass is 10.1. The fourth-order valence-electron chi connectivity index (χ4n) is 1.69. The molecule has 2 aromatic heterocycles. The minimum absolute atomic E-state index is 0.146. The molecule has 3 N–H and O–H groups in total. The zero-order valence-electron chi connectivity index (χ0n) is 9.51. The van der Waals surface area contributed by atoms with Crippen molar-refractivity contribution in [2.45, 2.75) is 26.4 Å². The molecule has 0 aromatic carbocycles. The van der Waals surface area contributed by atoms with E-state index < -0.39 is 0 Å². The van der Waals surface area contributed by atoms with Crippen LogP contribution in [-0.2, 0) is 6.54 Å². The van der Waals surface area contributed by atoms with Crippen LogP contribution >= 0.6 is 27.5 Å². The quantitative estimate of drug-likeness (QED) is 0.658. The Balaban J connectivity index is 2.49. The first-order valence-corrected chi connectivity index (χ1v) is 6.71. The van der Waals surface area contributed by atoms with Crippen LogP contribution in [0.1, 0.15) is 29.2 Å². The van der Waals surface area contributed by atoms with Gasteiger partial charge in [-0.2, -0.15) is 5.10 Å². The van der Waals surface area contributed by atoms with E-state index in [-0.39, 0.29) is 6.04 Å². The number of halogens is 1. The van der Waals surface area contributed by atoms with Gasteiger partial charge < -0.3 is 0 Å². The van der Waals surface area contributed by atoms with Gasteiger partial charge in [0.1, 0.15) is 6.04 Å². The molecule has 0 saturated carbocycles. The predicted octanol–water partition coefficient (Wildman–Crippen LogP) is 1.38. The average Bonchev–Trinajstić information content (AvgIpc) is 2.89. The molecule has 92 valence electrons. The molecular weight excluding hydrogens is 304 g/mol. The van der Waals surface area contributed by atoms with Gasteiger partial charge in [0.2, 0.25) is 0 Å². The number of rotatable bonds is 4. The Labute approximate surface area is 111 Å². The molecule has 8 heteroatoms. The molecule has 1 unspecified atom stereocenters. The first kappa shape index (κ1) is 12.6. The Morgan fingerprint density at radius 1 is 1.65 bits per heavy atom. The van der Waals surface area contributed by atoms with Gasteiger partial charge in [-0.3, -0.25) is 10.5 Å². The van der Waals surface area contributed by atoms with Gasteiger partial charge in [0, 0.05) is 6.54 Å². The minimum Gasteiger partial charge on any atom is -0.270 e. The van der Waals surface area contributed by atoms with Crippen molar-refractivity contribution in [3.05, 3.63) is 26.9 Å².